The van der Waals surface area contributed by atoms with Gasteiger partial charge in [-0.3, -0.25) is 14.4 Å². The summed E-state index contributed by atoms with van der Waals surface area (Å²) in [5, 5.41) is 14.6. The Morgan fingerprint density at radius 1 is 0.893 bits per heavy atom. The zero-order valence-electron chi connectivity index (χ0n) is 15.0. The SMILES string of the molecule is CC(=O)Nc1ccc(C2=C(O)C(=O)N(c3cccc4ccccc34)C2=O)cc1. The molecule has 3 aromatic carbocycles. The van der Waals surface area contributed by atoms with Crippen LogP contribution >= 0.6 is 0 Å². The molecule has 0 aromatic heterocycles. The van der Waals surface area contributed by atoms with E-state index in [-0.39, 0.29) is 11.5 Å². The smallest absolute Gasteiger partial charge is 0.301 e. The zero-order chi connectivity index (χ0) is 19.8. The van der Waals surface area contributed by atoms with Gasteiger partial charge in [0.2, 0.25) is 5.91 Å². The molecule has 0 saturated heterocycles. The minimum Gasteiger partial charge on any atom is -0.502 e. The van der Waals surface area contributed by atoms with Gasteiger partial charge in [0, 0.05) is 18.0 Å². The Labute approximate surface area is 160 Å². The first-order chi connectivity index (χ1) is 13.5. The van der Waals surface area contributed by atoms with Gasteiger partial charge in [-0.05, 0) is 29.1 Å². The average Bonchev–Trinajstić information content (AvgIpc) is 2.90. The van der Waals surface area contributed by atoms with E-state index in [1.54, 1.807) is 36.4 Å². The molecule has 28 heavy (non-hydrogen) atoms. The number of fused-ring (bicyclic) bond motifs is 1. The number of hydrogen-bond donors (Lipinski definition) is 2. The fourth-order valence-corrected chi connectivity index (χ4v) is 3.32. The minimum atomic E-state index is -0.762. The molecule has 0 saturated carbocycles. The lowest BCUT2D eigenvalue weighted by Crippen LogP contribution is -2.31. The standard InChI is InChI=1S/C22H16N2O4/c1-13(25)23-16-11-9-15(10-12-16)19-20(26)22(28)24(21(19)27)18-8-4-6-14-5-2-3-7-17(14)18/h2-12,26H,1H3,(H,23,25). The maximum absolute atomic E-state index is 13.1. The fourth-order valence-electron chi connectivity index (χ4n) is 3.32. The van der Waals surface area contributed by atoms with Gasteiger partial charge < -0.3 is 10.4 Å². The van der Waals surface area contributed by atoms with Gasteiger partial charge in [-0.2, -0.15) is 0 Å². The number of aliphatic hydroxyl groups is 1. The van der Waals surface area contributed by atoms with Crippen LogP contribution in [0, 0.1) is 0 Å². The van der Waals surface area contributed by atoms with Crippen molar-refractivity contribution in [2.24, 2.45) is 0 Å². The summed E-state index contributed by atoms with van der Waals surface area (Å²) in [6, 6.07) is 19.1. The van der Waals surface area contributed by atoms with Crippen molar-refractivity contribution in [3.8, 4) is 0 Å². The first-order valence-corrected chi connectivity index (χ1v) is 8.65. The van der Waals surface area contributed by atoms with Crippen LogP contribution in [-0.4, -0.2) is 22.8 Å². The Hall–Kier alpha value is -3.93. The molecular formula is C22H16N2O4. The number of nitrogens with zero attached hydrogens (tertiary/aromatic N) is 1. The van der Waals surface area contributed by atoms with E-state index in [1.165, 1.54) is 6.92 Å². The Morgan fingerprint density at radius 3 is 2.29 bits per heavy atom. The number of nitrogens with one attached hydrogen (secondary N) is 1. The quantitative estimate of drug-likeness (QED) is 0.687. The van der Waals surface area contributed by atoms with E-state index in [1.807, 2.05) is 30.3 Å². The van der Waals surface area contributed by atoms with Crippen LogP contribution in [0.1, 0.15) is 12.5 Å². The third-order valence-electron chi connectivity index (χ3n) is 4.56. The molecular weight excluding hydrogens is 356 g/mol. The monoisotopic (exact) mass is 372 g/mol. The van der Waals surface area contributed by atoms with Crippen LogP contribution in [0.15, 0.2) is 72.5 Å². The van der Waals surface area contributed by atoms with Crippen molar-refractivity contribution in [3.63, 3.8) is 0 Å². The van der Waals surface area contributed by atoms with Crippen LogP contribution in [0.4, 0.5) is 11.4 Å². The summed E-state index contributed by atoms with van der Waals surface area (Å²) in [5.74, 6) is -2.16. The molecule has 4 rings (SSSR count). The molecule has 0 fully saturated rings. The van der Waals surface area contributed by atoms with Gasteiger partial charge >= 0.3 is 5.91 Å². The molecule has 6 heteroatoms. The van der Waals surface area contributed by atoms with Crippen LogP contribution in [-0.2, 0) is 14.4 Å². The van der Waals surface area contributed by atoms with E-state index in [2.05, 4.69) is 5.32 Å². The lowest BCUT2D eigenvalue weighted by Gasteiger charge is -2.17. The average molecular weight is 372 g/mol. The highest BCUT2D eigenvalue weighted by Gasteiger charge is 2.40. The second-order valence-corrected chi connectivity index (χ2v) is 6.43. The maximum Gasteiger partial charge on any atom is 0.301 e. The zero-order valence-corrected chi connectivity index (χ0v) is 15.0. The highest BCUT2D eigenvalue weighted by atomic mass is 16.3. The van der Waals surface area contributed by atoms with Gasteiger partial charge in [0.15, 0.2) is 5.76 Å². The topological polar surface area (TPSA) is 86.7 Å². The predicted molar refractivity (Wildman–Crippen MR) is 107 cm³/mol. The fraction of sp³-hybridized carbons (Fsp3) is 0.0455. The number of amides is 3. The molecule has 0 aliphatic carbocycles. The summed E-state index contributed by atoms with van der Waals surface area (Å²) >= 11 is 0. The molecule has 0 spiro atoms. The van der Waals surface area contributed by atoms with Gasteiger partial charge in [-0.1, -0.05) is 48.5 Å². The molecule has 138 valence electrons. The first kappa shape index (κ1) is 17.5. The second-order valence-electron chi connectivity index (χ2n) is 6.43. The Balaban J connectivity index is 1.75. The van der Waals surface area contributed by atoms with Crippen LogP contribution in [0.3, 0.4) is 0 Å². The van der Waals surface area contributed by atoms with Crippen molar-refractivity contribution < 1.29 is 19.5 Å². The number of aliphatic hydroxyl groups excluding tert-OH is 1. The summed E-state index contributed by atoms with van der Waals surface area (Å²) in [4.78, 5) is 37.9. The molecule has 1 aliphatic heterocycles. The van der Waals surface area contributed by atoms with E-state index in [0.717, 1.165) is 15.7 Å². The van der Waals surface area contributed by atoms with Gasteiger partial charge in [-0.25, -0.2) is 4.90 Å². The largest absolute Gasteiger partial charge is 0.502 e. The van der Waals surface area contributed by atoms with Crippen molar-refractivity contribution in [3.05, 3.63) is 78.1 Å². The van der Waals surface area contributed by atoms with Gasteiger partial charge in [0.1, 0.15) is 0 Å². The second kappa shape index (κ2) is 6.66. The molecule has 0 atom stereocenters. The molecule has 0 radical (unpaired) electrons. The Morgan fingerprint density at radius 2 is 1.57 bits per heavy atom. The molecule has 6 nitrogen and oxygen atoms in total. The van der Waals surface area contributed by atoms with Gasteiger partial charge in [-0.15, -0.1) is 0 Å². The number of carbonyl (C=O) groups is 3. The van der Waals surface area contributed by atoms with E-state index < -0.39 is 17.6 Å². The summed E-state index contributed by atoms with van der Waals surface area (Å²) in [7, 11) is 0. The van der Waals surface area contributed by atoms with Crippen molar-refractivity contribution >= 4 is 45.4 Å². The van der Waals surface area contributed by atoms with Crippen molar-refractivity contribution in [2.75, 3.05) is 10.2 Å². The third-order valence-corrected chi connectivity index (χ3v) is 4.56. The van der Waals surface area contributed by atoms with Crippen molar-refractivity contribution in [1.82, 2.24) is 0 Å². The molecule has 0 unspecified atom stereocenters. The molecule has 3 aromatic rings. The number of hydrogen-bond acceptors (Lipinski definition) is 4. The molecule has 1 aliphatic rings. The number of imide groups is 1. The normalized spacial score (nSPS) is 14.1. The lowest BCUT2D eigenvalue weighted by atomic mass is 10.0. The van der Waals surface area contributed by atoms with Crippen LogP contribution in [0.5, 0.6) is 0 Å². The molecule has 1 heterocycles. The van der Waals surface area contributed by atoms with E-state index in [4.69, 9.17) is 0 Å². The van der Waals surface area contributed by atoms with Crippen LogP contribution < -0.4 is 10.2 Å². The summed E-state index contributed by atoms with van der Waals surface area (Å²) in [6.45, 7) is 1.39. The van der Waals surface area contributed by atoms with Crippen LogP contribution in [0.25, 0.3) is 16.3 Å². The molecule has 3 amide bonds. The van der Waals surface area contributed by atoms with Crippen LogP contribution in [0.2, 0.25) is 0 Å². The van der Waals surface area contributed by atoms with Gasteiger partial charge in [0.25, 0.3) is 5.91 Å². The van der Waals surface area contributed by atoms with E-state index in [9.17, 15) is 19.5 Å². The third kappa shape index (κ3) is 2.81. The van der Waals surface area contributed by atoms with E-state index >= 15 is 0 Å². The molecule has 0 bridgehead atoms. The molecule has 2 N–H and O–H groups in total. The Kier molecular flexibility index (Phi) is 4.16. The predicted octanol–water partition coefficient (Wildman–Crippen LogP) is 3.64. The highest BCUT2D eigenvalue weighted by molar-refractivity contribution is 6.45. The first-order valence-electron chi connectivity index (χ1n) is 8.65. The number of carbonyl (C=O) groups excluding carboxylic acids is 3. The summed E-state index contributed by atoms with van der Waals surface area (Å²) < 4.78 is 0. The van der Waals surface area contributed by atoms with Gasteiger partial charge in [0.05, 0.1) is 11.3 Å². The number of rotatable bonds is 3. The summed E-state index contributed by atoms with van der Waals surface area (Å²) in [5.41, 5.74) is 1.31. The lowest BCUT2D eigenvalue weighted by molar-refractivity contribution is -0.121. The van der Waals surface area contributed by atoms with Crippen molar-refractivity contribution in [2.45, 2.75) is 6.92 Å². The minimum absolute atomic E-state index is 0.0627. The highest BCUT2D eigenvalue weighted by Crippen LogP contribution is 2.35. The maximum atomic E-state index is 13.1. The van der Waals surface area contributed by atoms with E-state index in [0.29, 0.717) is 16.9 Å². The summed E-state index contributed by atoms with van der Waals surface area (Å²) in [6.07, 6.45) is 0. The number of anilines is 2. The Bertz CT molecular complexity index is 1160. The number of benzene rings is 3. The van der Waals surface area contributed by atoms with Crippen molar-refractivity contribution in [1.29, 1.82) is 0 Å².